The van der Waals surface area contributed by atoms with Crippen LogP contribution in [0.2, 0.25) is 0 Å². The average Bonchev–Trinajstić information content (AvgIpc) is 2.39. The van der Waals surface area contributed by atoms with E-state index in [4.69, 9.17) is 4.74 Å². The van der Waals surface area contributed by atoms with Crippen molar-refractivity contribution in [3.05, 3.63) is 29.6 Å². The van der Waals surface area contributed by atoms with Crippen molar-refractivity contribution in [2.45, 2.75) is 25.9 Å². The van der Waals surface area contributed by atoms with Crippen molar-refractivity contribution < 1.29 is 14.2 Å². The van der Waals surface area contributed by atoms with Gasteiger partial charge in [0, 0.05) is 31.5 Å². The minimum atomic E-state index is -0.671. The third-order valence-electron chi connectivity index (χ3n) is 3.64. The van der Waals surface area contributed by atoms with Crippen molar-refractivity contribution in [2.75, 3.05) is 31.7 Å². The molecule has 1 fully saturated rings. The van der Waals surface area contributed by atoms with Crippen LogP contribution in [0.4, 0.5) is 10.1 Å². The maximum atomic E-state index is 13.3. The van der Waals surface area contributed by atoms with Gasteiger partial charge < -0.3 is 14.7 Å². The fourth-order valence-electron chi connectivity index (χ4n) is 2.64. The Bertz CT molecular complexity index is 417. The van der Waals surface area contributed by atoms with E-state index in [1.807, 2.05) is 7.05 Å². The zero-order valence-corrected chi connectivity index (χ0v) is 11.6. The Morgan fingerprint density at radius 3 is 2.95 bits per heavy atom. The lowest BCUT2D eigenvalue weighted by atomic mass is 10.0. The molecule has 2 atom stereocenters. The molecule has 1 N–H and O–H groups in total. The molecule has 0 saturated carbocycles. The van der Waals surface area contributed by atoms with Crippen LogP contribution in [0.15, 0.2) is 18.2 Å². The normalized spacial score (nSPS) is 21.2. The van der Waals surface area contributed by atoms with Crippen molar-refractivity contribution in [1.82, 2.24) is 0 Å². The van der Waals surface area contributed by atoms with Gasteiger partial charge in [-0.3, -0.25) is 0 Å². The Kier molecular flexibility index (Phi) is 4.77. The van der Waals surface area contributed by atoms with Crippen LogP contribution in [0.1, 0.15) is 31.4 Å². The number of aliphatic hydroxyl groups is 1. The molecule has 0 bridgehead atoms. The summed E-state index contributed by atoms with van der Waals surface area (Å²) in [4.78, 5) is 2.08. The SMILES string of the molecule is C[C@H](O)c1cc(F)ccc1N(C)CC1CCCOC1. The number of rotatable bonds is 4. The van der Waals surface area contributed by atoms with Gasteiger partial charge in [0.2, 0.25) is 0 Å². The van der Waals surface area contributed by atoms with E-state index in [0.29, 0.717) is 11.5 Å². The summed E-state index contributed by atoms with van der Waals surface area (Å²) in [5.74, 6) is 0.194. The third kappa shape index (κ3) is 3.67. The molecule has 0 aliphatic carbocycles. The van der Waals surface area contributed by atoms with E-state index in [2.05, 4.69) is 4.90 Å². The fraction of sp³-hybridized carbons (Fsp3) is 0.600. The maximum Gasteiger partial charge on any atom is 0.123 e. The average molecular weight is 267 g/mol. The van der Waals surface area contributed by atoms with Crippen molar-refractivity contribution >= 4 is 5.69 Å². The van der Waals surface area contributed by atoms with Crippen LogP contribution in [0.3, 0.4) is 0 Å². The van der Waals surface area contributed by atoms with E-state index in [0.717, 1.165) is 38.3 Å². The monoisotopic (exact) mass is 267 g/mol. The highest BCUT2D eigenvalue weighted by atomic mass is 19.1. The largest absolute Gasteiger partial charge is 0.389 e. The topological polar surface area (TPSA) is 32.7 Å². The van der Waals surface area contributed by atoms with E-state index in [1.54, 1.807) is 13.0 Å². The number of ether oxygens (including phenoxy) is 1. The molecule has 0 spiro atoms. The molecule has 3 nitrogen and oxygen atoms in total. The first-order chi connectivity index (χ1) is 9.08. The maximum absolute atomic E-state index is 13.3. The van der Waals surface area contributed by atoms with Gasteiger partial charge in [0.15, 0.2) is 0 Å². The lowest BCUT2D eigenvalue weighted by Gasteiger charge is -2.30. The van der Waals surface area contributed by atoms with Crippen molar-refractivity contribution in [3.63, 3.8) is 0 Å². The molecular formula is C15H22FNO2. The lowest BCUT2D eigenvalue weighted by molar-refractivity contribution is 0.0576. The van der Waals surface area contributed by atoms with Crippen LogP contribution in [0, 0.1) is 11.7 Å². The molecule has 19 heavy (non-hydrogen) atoms. The van der Waals surface area contributed by atoms with Gasteiger partial charge >= 0.3 is 0 Å². The smallest absolute Gasteiger partial charge is 0.123 e. The van der Waals surface area contributed by atoms with Crippen molar-refractivity contribution in [3.8, 4) is 0 Å². The van der Waals surface area contributed by atoms with Gasteiger partial charge in [-0.2, -0.15) is 0 Å². The summed E-state index contributed by atoms with van der Waals surface area (Å²) in [7, 11) is 1.98. The molecule has 1 saturated heterocycles. The Morgan fingerprint density at radius 2 is 2.32 bits per heavy atom. The van der Waals surface area contributed by atoms with Crippen LogP contribution in [-0.2, 0) is 4.74 Å². The molecule has 0 aromatic heterocycles. The Labute approximate surface area is 114 Å². The summed E-state index contributed by atoms with van der Waals surface area (Å²) in [6.45, 7) is 4.17. The van der Waals surface area contributed by atoms with Crippen molar-refractivity contribution in [2.24, 2.45) is 5.92 Å². The summed E-state index contributed by atoms with van der Waals surface area (Å²) < 4.78 is 18.8. The number of anilines is 1. The van der Waals surface area contributed by atoms with Gasteiger partial charge in [-0.1, -0.05) is 0 Å². The minimum Gasteiger partial charge on any atom is -0.389 e. The fourth-order valence-corrected chi connectivity index (χ4v) is 2.64. The van der Waals surface area contributed by atoms with Gasteiger partial charge in [0.05, 0.1) is 12.7 Å². The van der Waals surface area contributed by atoms with Gasteiger partial charge in [-0.05, 0) is 43.9 Å². The Morgan fingerprint density at radius 1 is 1.53 bits per heavy atom. The predicted molar refractivity (Wildman–Crippen MR) is 73.8 cm³/mol. The molecular weight excluding hydrogens is 245 g/mol. The summed E-state index contributed by atoms with van der Waals surface area (Å²) in [6.07, 6.45) is 1.59. The zero-order chi connectivity index (χ0) is 13.8. The highest BCUT2D eigenvalue weighted by Gasteiger charge is 2.19. The van der Waals surface area contributed by atoms with Gasteiger partial charge in [0.1, 0.15) is 5.82 Å². The standard InChI is InChI=1S/C15H22FNO2/c1-11(18)14-8-13(16)5-6-15(14)17(2)9-12-4-3-7-19-10-12/h5-6,8,11-12,18H,3-4,7,9-10H2,1-2H3/t11-,12?/m0/s1. The zero-order valence-electron chi connectivity index (χ0n) is 11.6. The second kappa shape index (κ2) is 6.35. The van der Waals surface area contributed by atoms with Gasteiger partial charge in [-0.15, -0.1) is 0 Å². The summed E-state index contributed by atoms with van der Waals surface area (Å²) in [6, 6.07) is 4.59. The van der Waals surface area contributed by atoms with Crippen molar-refractivity contribution in [1.29, 1.82) is 0 Å². The first kappa shape index (κ1) is 14.3. The molecule has 1 heterocycles. The van der Waals surface area contributed by atoms with Crippen LogP contribution in [0.25, 0.3) is 0 Å². The second-order valence-corrected chi connectivity index (χ2v) is 5.34. The molecule has 1 aromatic rings. The molecule has 1 aliphatic rings. The quantitative estimate of drug-likeness (QED) is 0.910. The molecule has 1 aliphatic heterocycles. The summed E-state index contributed by atoms with van der Waals surface area (Å²) in [5.41, 5.74) is 1.53. The van der Waals surface area contributed by atoms with Crippen LogP contribution in [0.5, 0.6) is 0 Å². The molecule has 0 amide bonds. The van der Waals surface area contributed by atoms with Crippen LogP contribution < -0.4 is 4.90 Å². The Balaban J connectivity index is 2.11. The highest BCUT2D eigenvalue weighted by Crippen LogP contribution is 2.28. The summed E-state index contributed by atoms with van der Waals surface area (Å²) >= 11 is 0. The van der Waals surface area contributed by atoms with Gasteiger partial charge in [-0.25, -0.2) is 4.39 Å². The number of hydrogen-bond acceptors (Lipinski definition) is 3. The minimum absolute atomic E-state index is 0.311. The van der Waals surface area contributed by atoms with Crippen LogP contribution in [-0.4, -0.2) is 31.9 Å². The molecule has 1 unspecified atom stereocenters. The van der Waals surface area contributed by atoms with E-state index in [1.165, 1.54) is 12.1 Å². The Hall–Kier alpha value is -1.13. The number of benzene rings is 1. The first-order valence-electron chi connectivity index (χ1n) is 6.84. The number of halogens is 1. The second-order valence-electron chi connectivity index (χ2n) is 5.34. The molecule has 4 heteroatoms. The van der Waals surface area contributed by atoms with Crippen LogP contribution >= 0.6 is 0 Å². The number of hydrogen-bond donors (Lipinski definition) is 1. The third-order valence-corrected chi connectivity index (χ3v) is 3.64. The number of aliphatic hydroxyl groups excluding tert-OH is 1. The van der Waals surface area contributed by atoms with E-state index in [9.17, 15) is 9.50 Å². The lowest BCUT2D eigenvalue weighted by Crippen LogP contribution is -2.31. The van der Waals surface area contributed by atoms with E-state index >= 15 is 0 Å². The predicted octanol–water partition coefficient (Wildman–Crippen LogP) is 2.74. The molecule has 1 aromatic carbocycles. The number of nitrogens with zero attached hydrogens (tertiary/aromatic N) is 1. The highest BCUT2D eigenvalue weighted by molar-refractivity contribution is 5.54. The van der Waals surface area contributed by atoms with E-state index in [-0.39, 0.29) is 5.82 Å². The molecule has 106 valence electrons. The molecule has 2 rings (SSSR count). The summed E-state index contributed by atoms with van der Waals surface area (Å²) in [5, 5.41) is 9.77. The van der Waals surface area contributed by atoms with E-state index < -0.39 is 6.10 Å². The first-order valence-corrected chi connectivity index (χ1v) is 6.84. The van der Waals surface area contributed by atoms with Gasteiger partial charge in [0.25, 0.3) is 0 Å². The molecule has 0 radical (unpaired) electrons.